The number of nitrogens with zero attached hydrogens (tertiary/aromatic N) is 4. The molecule has 0 saturated heterocycles. The molecule has 0 atom stereocenters. The Labute approximate surface area is 199 Å². The molecule has 0 aliphatic heterocycles. The van der Waals surface area contributed by atoms with Crippen LogP contribution in [0.5, 0.6) is 0 Å². The summed E-state index contributed by atoms with van der Waals surface area (Å²) in [7, 11) is 3.92. The summed E-state index contributed by atoms with van der Waals surface area (Å²) in [6.07, 6.45) is 6.01. The number of carboxylic acids is 1. The molecular formula is C27H30N4O3. The van der Waals surface area contributed by atoms with E-state index in [0.717, 1.165) is 35.0 Å². The van der Waals surface area contributed by atoms with E-state index in [1.165, 1.54) is 24.8 Å². The summed E-state index contributed by atoms with van der Waals surface area (Å²) >= 11 is 0. The Morgan fingerprint density at radius 2 is 1.88 bits per heavy atom. The van der Waals surface area contributed by atoms with Gasteiger partial charge in [0.15, 0.2) is 5.82 Å². The zero-order valence-corrected chi connectivity index (χ0v) is 19.7. The first-order chi connectivity index (χ1) is 16.5. The van der Waals surface area contributed by atoms with Crippen molar-refractivity contribution < 1.29 is 14.4 Å². The van der Waals surface area contributed by atoms with Gasteiger partial charge in [0.1, 0.15) is 0 Å². The van der Waals surface area contributed by atoms with E-state index >= 15 is 0 Å². The highest BCUT2D eigenvalue weighted by Crippen LogP contribution is 2.44. The van der Waals surface area contributed by atoms with Gasteiger partial charge in [-0.15, -0.1) is 0 Å². The molecule has 0 amide bonds. The van der Waals surface area contributed by atoms with Gasteiger partial charge in [-0.3, -0.25) is 0 Å². The van der Waals surface area contributed by atoms with Crippen LogP contribution in [0.25, 0.3) is 22.2 Å². The normalized spacial score (nSPS) is 14.8. The number of aromatic carboxylic acids is 1. The maximum atomic E-state index is 11.8. The summed E-state index contributed by atoms with van der Waals surface area (Å²) in [6, 6.07) is 15.9. The Bertz CT molecular complexity index is 1300. The molecule has 4 aromatic rings. The summed E-state index contributed by atoms with van der Waals surface area (Å²) in [5.41, 5.74) is 4.74. The minimum Gasteiger partial charge on any atom is -0.478 e. The first kappa shape index (κ1) is 22.3. The smallest absolute Gasteiger partial charge is 0.335 e. The summed E-state index contributed by atoms with van der Waals surface area (Å²) in [5.74, 6) is 0.666. The summed E-state index contributed by atoms with van der Waals surface area (Å²) in [4.78, 5) is 18.4. The highest BCUT2D eigenvalue weighted by molar-refractivity contribution is 5.98. The molecule has 7 nitrogen and oxygen atoms in total. The van der Waals surface area contributed by atoms with Crippen molar-refractivity contribution in [1.82, 2.24) is 19.6 Å². The summed E-state index contributed by atoms with van der Waals surface area (Å²) in [6.45, 7) is 0.981. The number of benzene rings is 2. The summed E-state index contributed by atoms with van der Waals surface area (Å²) in [5, 5.41) is 15.1. The Balaban J connectivity index is 1.73. The number of hydrogen-bond donors (Lipinski definition) is 1. The zero-order chi connectivity index (χ0) is 23.7. The predicted molar refractivity (Wildman–Crippen MR) is 131 cm³/mol. The maximum Gasteiger partial charge on any atom is 0.335 e. The number of carboxylic acid groups (broad SMARTS) is 1. The molecule has 1 aliphatic carbocycles. The molecule has 0 bridgehead atoms. The monoisotopic (exact) mass is 458 g/mol. The second-order valence-corrected chi connectivity index (χ2v) is 9.43. The molecular weight excluding hydrogens is 428 g/mol. The van der Waals surface area contributed by atoms with Crippen molar-refractivity contribution in [3.63, 3.8) is 0 Å². The molecule has 34 heavy (non-hydrogen) atoms. The molecule has 7 heteroatoms. The van der Waals surface area contributed by atoms with Crippen LogP contribution in [0.1, 0.15) is 65.7 Å². The van der Waals surface area contributed by atoms with Gasteiger partial charge >= 0.3 is 5.97 Å². The quantitative estimate of drug-likeness (QED) is 0.391. The van der Waals surface area contributed by atoms with Gasteiger partial charge in [-0.2, -0.15) is 4.98 Å². The third kappa shape index (κ3) is 4.35. The van der Waals surface area contributed by atoms with Crippen LogP contribution in [0.4, 0.5) is 0 Å². The fourth-order valence-electron chi connectivity index (χ4n) is 5.22. The Kier molecular flexibility index (Phi) is 6.20. The fourth-order valence-corrected chi connectivity index (χ4v) is 5.22. The average molecular weight is 459 g/mol. The molecule has 1 saturated carbocycles. The lowest BCUT2D eigenvalue weighted by Gasteiger charge is -2.23. The van der Waals surface area contributed by atoms with E-state index in [4.69, 9.17) is 4.52 Å². The number of fused-ring (bicyclic) bond motifs is 1. The van der Waals surface area contributed by atoms with Crippen molar-refractivity contribution >= 4 is 16.9 Å². The van der Waals surface area contributed by atoms with Crippen LogP contribution in [0.3, 0.4) is 0 Å². The number of rotatable bonds is 7. The van der Waals surface area contributed by atoms with Gasteiger partial charge in [0.2, 0.25) is 5.89 Å². The molecule has 2 aromatic carbocycles. The Morgan fingerprint density at radius 1 is 1.12 bits per heavy atom. The van der Waals surface area contributed by atoms with Gasteiger partial charge in [0.25, 0.3) is 0 Å². The summed E-state index contributed by atoms with van der Waals surface area (Å²) < 4.78 is 7.67. The van der Waals surface area contributed by atoms with Crippen molar-refractivity contribution in [3.05, 3.63) is 71.4 Å². The molecule has 5 rings (SSSR count). The lowest BCUT2D eigenvalue weighted by atomic mass is 9.82. The van der Waals surface area contributed by atoms with Crippen LogP contribution in [0, 0.1) is 0 Å². The minimum absolute atomic E-state index is 0.280. The second kappa shape index (κ2) is 9.43. The Morgan fingerprint density at radius 3 is 2.59 bits per heavy atom. The van der Waals surface area contributed by atoms with Crippen molar-refractivity contribution in [3.8, 4) is 11.3 Å². The average Bonchev–Trinajstić information content (AvgIpc) is 3.41. The SMILES string of the molecule is CN(C)Cc1nc(Cn2c(-c3ccccc3)c(C3CCCCC3)c3ccc(C(=O)O)cc32)no1. The van der Waals surface area contributed by atoms with E-state index in [9.17, 15) is 9.90 Å². The molecule has 2 heterocycles. The van der Waals surface area contributed by atoms with Crippen LogP contribution in [0.15, 0.2) is 53.1 Å². The van der Waals surface area contributed by atoms with Gasteiger partial charge in [-0.05, 0) is 56.1 Å². The van der Waals surface area contributed by atoms with Crippen molar-refractivity contribution in [1.29, 1.82) is 0 Å². The first-order valence-corrected chi connectivity index (χ1v) is 11.9. The third-order valence-corrected chi connectivity index (χ3v) is 6.67. The third-order valence-electron chi connectivity index (χ3n) is 6.67. The fraction of sp³-hybridized carbons (Fsp3) is 0.370. The van der Waals surface area contributed by atoms with E-state index in [1.54, 1.807) is 12.1 Å². The van der Waals surface area contributed by atoms with Crippen LogP contribution in [-0.4, -0.2) is 44.8 Å². The second-order valence-electron chi connectivity index (χ2n) is 9.43. The highest BCUT2D eigenvalue weighted by Gasteiger charge is 2.27. The van der Waals surface area contributed by atoms with Crippen LogP contribution < -0.4 is 0 Å². The largest absolute Gasteiger partial charge is 0.478 e. The van der Waals surface area contributed by atoms with Gasteiger partial charge in [-0.1, -0.05) is 60.8 Å². The van der Waals surface area contributed by atoms with E-state index in [0.29, 0.717) is 30.7 Å². The topological polar surface area (TPSA) is 84.4 Å². The molecule has 0 spiro atoms. The van der Waals surface area contributed by atoms with Crippen LogP contribution in [-0.2, 0) is 13.1 Å². The zero-order valence-electron chi connectivity index (χ0n) is 19.7. The van der Waals surface area contributed by atoms with E-state index in [1.807, 2.05) is 43.3 Å². The highest BCUT2D eigenvalue weighted by atomic mass is 16.5. The van der Waals surface area contributed by atoms with Crippen molar-refractivity contribution in [2.24, 2.45) is 0 Å². The van der Waals surface area contributed by atoms with E-state index in [2.05, 4.69) is 26.8 Å². The van der Waals surface area contributed by atoms with Crippen molar-refractivity contribution in [2.75, 3.05) is 14.1 Å². The molecule has 1 fully saturated rings. The molecule has 2 aromatic heterocycles. The minimum atomic E-state index is -0.928. The molecule has 176 valence electrons. The molecule has 1 aliphatic rings. The maximum absolute atomic E-state index is 11.8. The van der Waals surface area contributed by atoms with E-state index in [-0.39, 0.29) is 5.56 Å². The number of carbonyl (C=O) groups is 1. The molecule has 0 unspecified atom stereocenters. The molecule has 0 radical (unpaired) electrons. The molecule has 1 N–H and O–H groups in total. The van der Waals surface area contributed by atoms with Gasteiger partial charge in [-0.25, -0.2) is 4.79 Å². The van der Waals surface area contributed by atoms with Crippen LogP contribution >= 0.6 is 0 Å². The van der Waals surface area contributed by atoms with Gasteiger partial charge in [0, 0.05) is 5.39 Å². The number of aromatic nitrogens is 3. The predicted octanol–water partition coefficient (Wildman–Crippen LogP) is 5.55. The van der Waals surface area contributed by atoms with Crippen LogP contribution in [0.2, 0.25) is 0 Å². The standard InChI is InChI=1S/C27H30N4O3/c1-30(2)17-24-28-23(29-34-24)16-31-22-15-20(27(32)33)13-14-21(22)25(18-9-5-3-6-10-18)26(31)19-11-7-4-8-12-19/h4,7-8,11-15,18H,3,5-6,9-10,16-17H2,1-2H3,(H,32,33). The lowest BCUT2D eigenvalue weighted by molar-refractivity contribution is 0.0697. The van der Waals surface area contributed by atoms with E-state index < -0.39 is 5.97 Å². The van der Waals surface area contributed by atoms with Gasteiger partial charge < -0.3 is 19.1 Å². The Hall–Kier alpha value is -3.45. The first-order valence-electron chi connectivity index (χ1n) is 11.9. The van der Waals surface area contributed by atoms with Gasteiger partial charge in [0.05, 0.1) is 29.9 Å². The lowest BCUT2D eigenvalue weighted by Crippen LogP contribution is -2.11. The number of hydrogen-bond acceptors (Lipinski definition) is 5. The van der Waals surface area contributed by atoms with Crippen molar-refractivity contribution in [2.45, 2.75) is 51.1 Å².